The Kier molecular flexibility index (Phi) is 9.11. The Morgan fingerprint density at radius 2 is 0.605 bits per heavy atom. The van der Waals surface area contributed by atoms with Crippen LogP contribution in [0.4, 0.5) is 0 Å². The molecule has 8 bridgehead atoms. The van der Waals surface area contributed by atoms with E-state index in [2.05, 4.69) is 42.5 Å². The summed E-state index contributed by atoms with van der Waals surface area (Å²) in [5.74, 6) is 4.87. The number of fused-ring (bicyclic) bond motifs is 20. The molecule has 17 unspecified atom stereocenters. The molecule has 43 heavy (non-hydrogen) atoms. The third kappa shape index (κ3) is 5.46. The fourth-order valence-electron chi connectivity index (χ4n) is 12.0. The number of hydrogen-bond acceptors (Lipinski definition) is 10. The van der Waals surface area contributed by atoms with Gasteiger partial charge in [-0.3, -0.25) is 42.5 Å². The summed E-state index contributed by atoms with van der Waals surface area (Å²) in [5, 5.41) is 44.6. The molecule has 0 spiro atoms. The van der Waals surface area contributed by atoms with E-state index in [1.54, 1.807) is 0 Å². The van der Waals surface area contributed by atoms with Gasteiger partial charge in [-0.25, -0.2) is 0 Å². The van der Waals surface area contributed by atoms with Crippen molar-refractivity contribution >= 4 is 0 Å². The molecule has 10 nitrogen and oxygen atoms in total. The van der Waals surface area contributed by atoms with E-state index < -0.39 is 0 Å². The Morgan fingerprint density at radius 3 is 0.930 bits per heavy atom. The summed E-state index contributed by atoms with van der Waals surface area (Å²) < 4.78 is 8.19. The van der Waals surface area contributed by atoms with Crippen molar-refractivity contribution < 1.29 is 26.1 Å². The van der Waals surface area contributed by atoms with Crippen LogP contribution in [0.15, 0.2) is 0 Å². The van der Waals surface area contributed by atoms with Gasteiger partial charge in [0, 0.05) is 5.92 Å². The van der Waals surface area contributed by atoms with Gasteiger partial charge in [0.25, 0.3) is 0 Å². The van der Waals surface area contributed by atoms with Gasteiger partial charge in [0.1, 0.15) is 0 Å². The topological polar surface area (TPSA) is 134 Å². The molecule has 0 aromatic heterocycles. The van der Waals surface area contributed by atoms with Crippen LogP contribution in [0, 0.1) is 47.3 Å². The molecule has 5 aliphatic heterocycles. The van der Waals surface area contributed by atoms with Crippen molar-refractivity contribution in [1.29, 1.82) is 0 Å². The number of rotatable bonds is 0. The van der Waals surface area contributed by atoms with Crippen LogP contribution in [0.1, 0.15) is 96.3 Å². The van der Waals surface area contributed by atoms with Gasteiger partial charge in [0.2, 0.25) is 0 Å². The maximum atomic E-state index is 11.4. The molecule has 5 saturated heterocycles. The standard InChI is InChI=1S/C32H56N8O.O.V/c41-23-15-7-14-22-24(23)32-39-30-21-13-6-5-12-20(21)28(37-30)35-26-17-9-2-1-8-16(17)25(33-26)34-27-18-10-3-4-11-19(18)29(36-27)38-31(22)40-32;;/h16-41H,1-15H2;;. The van der Waals surface area contributed by atoms with E-state index >= 15 is 0 Å². The SMILES string of the molecule is OC1CCCC2C3NC4NC(NC5NC(NC6NC(NC(N3)C12)C1CCCCC61)C1CCCCC51)C1CCCCC41.[O]=[V]. The second-order valence-corrected chi connectivity index (χ2v) is 15.7. The summed E-state index contributed by atoms with van der Waals surface area (Å²) in [6.45, 7) is 0. The van der Waals surface area contributed by atoms with E-state index in [0.29, 0.717) is 78.4 Å². The van der Waals surface area contributed by atoms with Crippen molar-refractivity contribution in [2.75, 3.05) is 0 Å². The summed E-state index contributed by atoms with van der Waals surface area (Å²) in [7, 11) is 0. The summed E-state index contributed by atoms with van der Waals surface area (Å²) in [4.78, 5) is 0. The van der Waals surface area contributed by atoms with E-state index in [-0.39, 0.29) is 24.4 Å². The second kappa shape index (κ2) is 12.9. The summed E-state index contributed by atoms with van der Waals surface area (Å²) in [6.07, 6.45) is 21.7. The summed E-state index contributed by atoms with van der Waals surface area (Å²) in [6, 6.07) is 0. The van der Waals surface area contributed by atoms with E-state index in [0.717, 1.165) is 30.2 Å². The minimum absolute atomic E-state index is 0.147. The zero-order valence-corrected chi connectivity index (χ0v) is 27.1. The van der Waals surface area contributed by atoms with Crippen LogP contribution in [0.2, 0.25) is 0 Å². The molecule has 4 aliphatic carbocycles. The molecule has 9 N–H and O–H groups in total. The maximum absolute atomic E-state index is 11.4. The molecule has 5 heterocycles. The first-order valence-electron chi connectivity index (χ1n) is 18.2. The van der Waals surface area contributed by atoms with E-state index in [1.807, 2.05) is 0 Å². The van der Waals surface area contributed by atoms with Crippen molar-refractivity contribution in [2.45, 2.75) is 152 Å². The van der Waals surface area contributed by atoms with Crippen LogP contribution in [0.5, 0.6) is 0 Å². The number of hydrogen-bond donors (Lipinski definition) is 9. The third-order valence-corrected chi connectivity index (χ3v) is 13.9. The van der Waals surface area contributed by atoms with Gasteiger partial charge in [-0.2, -0.15) is 0 Å². The van der Waals surface area contributed by atoms with Crippen molar-refractivity contribution in [3.8, 4) is 0 Å². The molecule has 241 valence electrons. The first kappa shape index (κ1) is 30.4. The average Bonchev–Trinajstić information content (AvgIpc) is 3.78. The molecule has 11 heteroatoms. The van der Waals surface area contributed by atoms with Gasteiger partial charge in [-0.1, -0.05) is 44.9 Å². The Morgan fingerprint density at radius 1 is 0.349 bits per heavy atom. The van der Waals surface area contributed by atoms with Gasteiger partial charge in [-0.05, 0) is 92.8 Å². The Balaban J connectivity index is 0.00000136. The second-order valence-electron chi connectivity index (χ2n) is 15.7. The molecule has 0 amide bonds. The van der Waals surface area contributed by atoms with Crippen molar-refractivity contribution in [3.05, 3.63) is 0 Å². The minimum atomic E-state index is -0.221. The zero-order chi connectivity index (χ0) is 29.1. The van der Waals surface area contributed by atoms with Crippen LogP contribution in [-0.2, 0) is 21.0 Å². The van der Waals surface area contributed by atoms with E-state index in [1.165, 1.54) is 83.5 Å². The number of nitrogens with one attached hydrogen (secondary N) is 8. The molecule has 17 atom stereocenters. The van der Waals surface area contributed by atoms with Gasteiger partial charge >= 0.3 is 21.0 Å². The third-order valence-electron chi connectivity index (χ3n) is 13.9. The van der Waals surface area contributed by atoms with Gasteiger partial charge in [0.05, 0.1) is 55.4 Å². The zero-order valence-electron chi connectivity index (χ0n) is 25.7. The van der Waals surface area contributed by atoms with Crippen molar-refractivity contribution in [1.82, 2.24) is 42.5 Å². The Labute approximate surface area is 267 Å². The predicted octanol–water partition coefficient (Wildman–Crippen LogP) is 1.46. The predicted molar refractivity (Wildman–Crippen MR) is 159 cm³/mol. The monoisotopic (exact) mass is 635 g/mol. The Bertz CT molecular complexity index is 980. The molecule has 9 fully saturated rings. The molecule has 4 saturated carbocycles. The normalized spacial score (nSPS) is 55.7. The fourth-order valence-corrected chi connectivity index (χ4v) is 12.0. The molecular weight excluding hydrogens is 579 g/mol. The summed E-state index contributed by atoms with van der Waals surface area (Å²) >= 11 is 1.06. The molecular formula is C32H56N8O2V. The molecule has 0 aromatic rings. The van der Waals surface area contributed by atoms with Crippen LogP contribution < -0.4 is 42.5 Å². The van der Waals surface area contributed by atoms with E-state index in [9.17, 15) is 5.11 Å². The van der Waals surface area contributed by atoms with Gasteiger partial charge in [0.15, 0.2) is 0 Å². The first-order chi connectivity index (χ1) is 21.2. The van der Waals surface area contributed by atoms with E-state index in [4.69, 9.17) is 3.67 Å². The molecule has 9 aliphatic rings. The fraction of sp³-hybridized carbons (Fsp3) is 1.00. The molecule has 0 aromatic carbocycles. The van der Waals surface area contributed by atoms with Crippen molar-refractivity contribution in [3.63, 3.8) is 0 Å². The van der Waals surface area contributed by atoms with Crippen molar-refractivity contribution in [2.24, 2.45) is 47.3 Å². The number of aliphatic hydroxyl groups excluding tert-OH is 1. The van der Waals surface area contributed by atoms with Crippen LogP contribution in [-0.4, -0.2) is 60.5 Å². The quantitative estimate of drug-likeness (QED) is 0.193. The Hall–Kier alpha value is 0.0244. The summed E-state index contributed by atoms with van der Waals surface area (Å²) in [5.41, 5.74) is 0. The number of aliphatic hydroxyl groups is 1. The molecule has 0 radical (unpaired) electrons. The first-order valence-corrected chi connectivity index (χ1v) is 18.7. The average molecular weight is 636 g/mol. The molecule has 9 rings (SSSR count). The van der Waals surface area contributed by atoms with Gasteiger partial charge < -0.3 is 5.11 Å². The van der Waals surface area contributed by atoms with Crippen LogP contribution >= 0.6 is 0 Å². The van der Waals surface area contributed by atoms with Crippen LogP contribution in [0.25, 0.3) is 0 Å². The van der Waals surface area contributed by atoms with Gasteiger partial charge in [-0.15, -0.1) is 0 Å². The van der Waals surface area contributed by atoms with Crippen LogP contribution in [0.3, 0.4) is 0 Å².